The molecule has 0 radical (unpaired) electrons. The number of ketones is 1. The quantitative estimate of drug-likeness (QED) is 0.277. The molecule has 3 aromatic rings. The first-order valence-corrected chi connectivity index (χ1v) is 13.4. The lowest BCUT2D eigenvalue weighted by molar-refractivity contribution is 0.0988. The normalized spacial score (nSPS) is 19.6. The zero-order valence-corrected chi connectivity index (χ0v) is 23.9. The molecule has 1 saturated heterocycles. The second-order valence-corrected chi connectivity index (χ2v) is 10.6. The van der Waals surface area contributed by atoms with Crippen LogP contribution in [0, 0.1) is 11.7 Å². The summed E-state index contributed by atoms with van der Waals surface area (Å²) >= 11 is 6.04. The SMILES string of the molecule is CCC(=O)c1cnc2ccc(-c3cc(F)c(O)c(Cl)c3)cc2c1NC1CCC(CN2CCCC2)CC1.Cl.Cl. The molecule has 206 valence electrons. The van der Waals surface area contributed by atoms with Crippen LogP contribution < -0.4 is 5.32 Å². The Balaban J connectivity index is 0.00000200. The molecule has 38 heavy (non-hydrogen) atoms. The Morgan fingerprint density at radius 1 is 1.11 bits per heavy atom. The maximum atomic E-state index is 14.2. The van der Waals surface area contributed by atoms with E-state index in [1.165, 1.54) is 51.4 Å². The average Bonchev–Trinajstić information content (AvgIpc) is 3.40. The highest BCUT2D eigenvalue weighted by Crippen LogP contribution is 2.37. The molecule has 0 spiro atoms. The van der Waals surface area contributed by atoms with Gasteiger partial charge in [0, 0.05) is 30.6 Å². The van der Waals surface area contributed by atoms with Crippen LogP contribution >= 0.6 is 36.4 Å². The van der Waals surface area contributed by atoms with E-state index < -0.39 is 11.6 Å². The molecule has 1 saturated carbocycles. The topological polar surface area (TPSA) is 65.5 Å². The number of carbonyl (C=O) groups is 1. The molecule has 0 unspecified atom stereocenters. The molecule has 2 fully saturated rings. The third kappa shape index (κ3) is 6.53. The van der Waals surface area contributed by atoms with E-state index in [1.807, 2.05) is 25.1 Å². The van der Waals surface area contributed by atoms with Gasteiger partial charge in [0.1, 0.15) is 0 Å². The number of Topliss-reactive ketones (excluding diaryl/α,β-unsaturated/α-hetero) is 1. The first-order valence-electron chi connectivity index (χ1n) is 13.1. The molecule has 9 heteroatoms. The minimum absolute atomic E-state index is 0. The fraction of sp³-hybridized carbons (Fsp3) is 0.448. The number of anilines is 1. The summed E-state index contributed by atoms with van der Waals surface area (Å²) in [5.41, 5.74) is 3.46. The van der Waals surface area contributed by atoms with E-state index in [2.05, 4.69) is 15.2 Å². The fourth-order valence-corrected chi connectivity index (χ4v) is 5.89. The smallest absolute Gasteiger partial charge is 0.170 e. The zero-order chi connectivity index (χ0) is 25.2. The average molecular weight is 583 g/mol. The van der Waals surface area contributed by atoms with Crippen molar-refractivity contribution in [3.63, 3.8) is 0 Å². The number of benzene rings is 2. The van der Waals surface area contributed by atoms with Crippen LogP contribution in [-0.4, -0.2) is 46.4 Å². The van der Waals surface area contributed by atoms with Crippen molar-refractivity contribution >= 4 is 58.8 Å². The lowest BCUT2D eigenvalue weighted by Gasteiger charge is -2.32. The summed E-state index contributed by atoms with van der Waals surface area (Å²) in [7, 11) is 0. The van der Waals surface area contributed by atoms with Crippen molar-refractivity contribution in [2.75, 3.05) is 25.0 Å². The number of fused-ring (bicyclic) bond motifs is 1. The highest BCUT2D eigenvalue weighted by Gasteiger charge is 2.26. The van der Waals surface area contributed by atoms with Crippen molar-refractivity contribution in [3.8, 4) is 16.9 Å². The van der Waals surface area contributed by atoms with Gasteiger partial charge in [0.15, 0.2) is 17.3 Å². The Morgan fingerprint density at radius 2 is 1.82 bits per heavy atom. The van der Waals surface area contributed by atoms with E-state index in [0.29, 0.717) is 17.5 Å². The van der Waals surface area contributed by atoms with Gasteiger partial charge in [0.05, 0.1) is 21.8 Å². The monoisotopic (exact) mass is 581 g/mol. The fourth-order valence-electron chi connectivity index (χ4n) is 5.69. The van der Waals surface area contributed by atoms with Crippen molar-refractivity contribution in [3.05, 3.63) is 52.9 Å². The number of likely N-dealkylation sites (tertiary alicyclic amines) is 1. The number of halogens is 4. The number of pyridine rings is 1. The van der Waals surface area contributed by atoms with Gasteiger partial charge in [-0.3, -0.25) is 9.78 Å². The van der Waals surface area contributed by atoms with Crippen molar-refractivity contribution in [2.24, 2.45) is 5.92 Å². The number of phenolic OH excluding ortho intramolecular Hbond substituents is 1. The maximum Gasteiger partial charge on any atom is 0.170 e. The molecule has 0 atom stereocenters. The van der Waals surface area contributed by atoms with Crippen molar-refractivity contribution in [2.45, 2.75) is 57.9 Å². The van der Waals surface area contributed by atoms with E-state index in [4.69, 9.17) is 11.6 Å². The molecular weight excluding hydrogens is 548 g/mol. The van der Waals surface area contributed by atoms with E-state index in [1.54, 1.807) is 12.3 Å². The van der Waals surface area contributed by atoms with Crippen LogP contribution in [-0.2, 0) is 0 Å². The largest absolute Gasteiger partial charge is 0.504 e. The molecule has 0 bridgehead atoms. The number of nitrogens with one attached hydrogen (secondary N) is 1. The third-order valence-electron chi connectivity index (χ3n) is 7.75. The van der Waals surface area contributed by atoms with Crippen LogP contribution in [0.1, 0.15) is 62.2 Å². The number of carbonyl (C=O) groups excluding carboxylic acids is 1. The Morgan fingerprint density at radius 3 is 2.47 bits per heavy atom. The summed E-state index contributed by atoms with van der Waals surface area (Å²) in [5, 5.41) is 14.2. The Bertz CT molecular complexity index is 1250. The van der Waals surface area contributed by atoms with E-state index in [-0.39, 0.29) is 41.7 Å². The molecule has 5 nitrogen and oxygen atoms in total. The van der Waals surface area contributed by atoms with Crippen LogP contribution in [0.4, 0.5) is 10.1 Å². The minimum atomic E-state index is -0.769. The molecule has 2 heterocycles. The summed E-state index contributed by atoms with van der Waals surface area (Å²) in [6, 6.07) is 8.76. The summed E-state index contributed by atoms with van der Waals surface area (Å²) in [6.07, 6.45) is 9.22. The van der Waals surface area contributed by atoms with Crippen molar-refractivity contribution in [1.82, 2.24) is 9.88 Å². The van der Waals surface area contributed by atoms with Crippen molar-refractivity contribution < 1.29 is 14.3 Å². The van der Waals surface area contributed by atoms with E-state index in [0.717, 1.165) is 40.9 Å². The number of aromatic hydroxyl groups is 1. The number of aromatic nitrogens is 1. The van der Waals surface area contributed by atoms with Gasteiger partial charge < -0.3 is 15.3 Å². The molecule has 2 aliphatic rings. The van der Waals surface area contributed by atoms with Crippen LogP contribution in [0.2, 0.25) is 5.02 Å². The zero-order valence-electron chi connectivity index (χ0n) is 21.5. The number of nitrogens with zero attached hydrogens (tertiary/aromatic N) is 2. The lowest BCUT2D eigenvalue weighted by atomic mass is 9.85. The molecule has 1 aromatic heterocycles. The van der Waals surface area contributed by atoms with Gasteiger partial charge in [-0.2, -0.15) is 0 Å². The molecule has 2 aromatic carbocycles. The van der Waals surface area contributed by atoms with Crippen LogP contribution in [0.5, 0.6) is 5.75 Å². The van der Waals surface area contributed by atoms with Crippen LogP contribution in [0.25, 0.3) is 22.0 Å². The van der Waals surface area contributed by atoms with Gasteiger partial charge in [-0.15, -0.1) is 24.8 Å². The summed E-state index contributed by atoms with van der Waals surface area (Å²) in [5.74, 6) is -0.539. The van der Waals surface area contributed by atoms with Gasteiger partial charge in [0.25, 0.3) is 0 Å². The number of hydrogen-bond donors (Lipinski definition) is 2. The Labute approximate surface area is 241 Å². The summed E-state index contributed by atoms with van der Waals surface area (Å²) < 4.78 is 14.2. The number of hydrogen-bond acceptors (Lipinski definition) is 5. The van der Waals surface area contributed by atoms with Gasteiger partial charge >= 0.3 is 0 Å². The molecular formula is C29H35Cl3FN3O2. The second kappa shape index (κ2) is 13.3. The maximum absolute atomic E-state index is 14.2. The highest BCUT2D eigenvalue weighted by atomic mass is 35.5. The first-order chi connectivity index (χ1) is 17.4. The highest BCUT2D eigenvalue weighted by molar-refractivity contribution is 6.32. The van der Waals surface area contributed by atoms with Gasteiger partial charge in [-0.05, 0) is 92.9 Å². The third-order valence-corrected chi connectivity index (χ3v) is 8.04. The molecule has 0 amide bonds. The van der Waals surface area contributed by atoms with Gasteiger partial charge in [-0.1, -0.05) is 24.6 Å². The lowest BCUT2D eigenvalue weighted by Crippen LogP contribution is -2.33. The van der Waals surface area contributed by atoms with Gasteiger partial charge in [-0.25, -0.2) is 4.39 Å². The molecule has 2 N–H and O–H groups in total. The molecule has 1 aliphatic carbocycles. The van der Waals surface area contributed by atoms with Crippen LogP contribution in [0.15, 0.2) is 36.5 Å². The molecule has 5 rings (SSSR count). The second-order valence-electron chi connectivity index (χ2n) is 10.2. The number of phenols is 1. The van der Waals surface area contributed by atoms with Gasteiger partial charge in [0.2, 0.25) is 0 Å². The van der Waals surface area contributed by atoms with Crippen molar-refractivity contribution in [1.29, 1.82) is 0 Å². The standard InChI is InChI=1S/C29H33ClFN3O2.2ClH/c1-2-27(35)23-16-32-26-10-7-19(20-14-24(30)29(36)25(31)15-20)13-22(26)28(23)33-21-8-5-18(6-9-21)17-34-11-3-4-12-34;;/h7,10,13-16,18,21,36H,2-6,8-9,11-12,17H2,1H3,(H,32,33);2*1H. The Hall–Kier alpha value is -2.12. The predicted octanol–water partition coefficient (Wildman–Crippen LogP) is 7.90. The van der Waals surface area contributed by atoms with E-state index >= 15 is 0 Å². The minimum Gasteiger partial charge on any atom is -0.504 e. The Kier molecular flexibility index (Phi) is 10.6. The van der Waals surface area contributed by atoms with E-state index in [9.17, 15) is 14.3 Å². The predicted molar refractivity (Wildman–Crippen MR) is 158 cm³/mol. The molecule has 1 aliphatic heterocycles. The summed E-state index contributed by atoms with van der Waals surface area (Å²) in [6.45, 7) is 5.54. The van der Waals surface area contributed by atoms with Crippen LogP contribution in [0.3, 0.4) is 0 Å². The summed E-state index contributed by atoms with van der Waals surface area (Å²) in [4.78, 5) is 20.0. The first kappa shape index (κ1) is 30.4. The number of rotatable bonds is 7.